The lowest BCUT2D eigenvalue weighted by atomic mass is 10.0. The van der Waals surface area contributed by atoms with Gasteiger partial charge in [-0.05, 0) is 29.8 Å². The summed E-state index contributed by atoms with van der Waals surface area (Å²) in [5.41, 5.74) is 2.07. The van der Waals surface area contributed by atoms with Crippen LogP contribution in [0.25, 0.3) is 0 Å². The molecule has 3 rings (SSSR count). The number of carbonyl (C=O) groups is 2. The molecule has 2 aromatic rings. The van der Waals surface area contributed by atoms with E-state index in [0.717, 1.165) is 18.7 Å². The van der Waals surface area contributed by atoms with Crippen molar-refractivity contribution in [1.29, 1.82) is 0 Å². The van der Waals surface area contributed by atoms with E-state index in [2.05, 4.69) is 15.5 Å². The molecule has 1 aliphatic rings. The third-order valence-electron chi connectivity index (χ3n) is 4.65. The minimum absolute atomic E-state index is 0.0416. The number of ether oxygens (including phenoxy) is 1. The number of benzene rings is 2. The molecule has 1 heterocycles. The first-order chi connectivity index (χ1) is 13.5. The van der Waals surface area contributed by atoms with E-state index in [-0.39, 0.29) is 17.9 Å². The first-order valence-electron chi connectivity index (χ1n) is 9.26. The highest BCUT2D eigenvalue weighted by Gasteiger charge is 2.25. The first-order valence-corrected chi connectivity index (χ1v) is 9.64. The lowest BCUT2D eigenvalue weighted by molar-refractivity contribution is -0.114. The topological polar surface area (TPSA) is 70.7 Å². The number of carbonyl (C=O) groups excluding carboxylic acids is 2. The Kier molecular flexibility index (Phi) is 7.03. The molecule has 1 aliphatic heterocycles. The lowest BCUT2D eigenvalue weighted by Crippen LogP contribution is -2.44. The number of anilines is 1. The molecular formula is C21H24ClN3O3. The standard InChI is InChI=1S/C21H24ClN3O3/c1-15(26)24-17-6-4-5-16(13-17)21(27)23-14-20(25-9-11-28-12-10-25)18-7-2-3-8-19(18)22/h2-8,13,20H,9-12,14H2,1H3,(H,23,27)(H,24,26). The first kappa shape index (κ1) is 20.3. The van der Waals surface area contributed by atoms with Crippen molar-refractivity contribution in [1.82, 2.24) is 10.2 Å². The molecule has 2 aromatic carbocycles. The van der Waals surface area contributed by atoms with Crippen molar-refractivity contribution in [2.24, 2.45) is 0 Å². The summed E-state index contributed by atoms with van der Waals surface area (Å²) < 4.78 is 5.46. The minimum Gasteiger partial charge on any atom is -0.379 e. The van der Waals surface area contributed by atoms with Gasteiger partial charge in [-0.2, -0.15) is 0 Å². The van der Waals surface area contributed by atoms with Gasteiger partial charge in [-0.15, -0.1) is 0 Å². The fraction of sp³-hybridized carbons (Fsp3) is 0.333. The van der Waals surface area contributed by atoms with Crippen LogP contribution >= 0.6 is 11.6 Å². The van der Waals surface area contributed by atoms with E-state index in [0.29, 0.717) is 36.0 Å². The fourth-order valence-corrected chi connectivity index (χ4v) is 3.56. The Balaban J connectivity index is 1.73. The highest BCUT2D eigenvalue weighted by Crippen LogP contribution is 2.28. The predicted molar refractivity (Wildman–Crippen MR) is 110 cm³/mol. The Labute approximate surface area is 169 Å². The van der Waals surface area contributed by atoms with Crippen LogP contribution in [0.4, 0.5) is 5.69 Å². The Morgan fingerprint density at radius 1 is 1.14 bits per heavy atom. The molecule has 0 aromatic heterocycles. The molecule has 148 valence electrons. The summed E-state index contributed by atoms with van der Waals surface area (Å²) in [6.07, 6.45) is 0. The fourth-order valence-electron chi connectivity index (χ4n) is 3.30. The van der Waals surface area contributed by atoms with Gasteiger partial charge in [0, 0.05) is 42.8 Å². The number of nitrogens with one attached hydrogen (secondary N) is 2. The zero-order valence-electron chi connectivity index (χ0n) is 15.8. The molecule has 6 nitrogen and oxygen atoms in total. The van der Waals surface area contributed by atoms with Gasteiger partial charge in [0.1, 0.15) is 0 Å². The summed E-state index contributed by atoms with van der Waals surface area (Å²) in [4.78, 5) is 26.2. The van der Waals surface area contributed by atoms with Crippen molar-refractivity contribution in [3.8, 4) is 0 Å². The van der Waals surface area contributed by atoms with Crippen molar-refractivity contribution in [2.75, 3.05) is 38.2 Å². The zero-order valence-corrected chi connectivity index (χ0v) is 16.5. The third kappa shape index (κ3) is 5.32. The number of halogens is 1. The van der Waals surface area contributed by atoms with Crippen LogP contribution in [-0.2, 0) is 9.53 Å². The SMILES string of the molecule is CC(=O)Nc1cccc(C(=O)NCC(c2ccccc2Cl)N2CCOCC2)c1. The second-order valence-electron chi connectivity index (χ2n) is 6.66. The molecule has 0 aliphatic carbocycles. The quantitative estimate of drug-likeness (QED) is 0.780. The van der Waals surface area contributed by atoms with Gasteiger partial charge < -0.3 is 15.4 Å². The molecule has 1 fully saturated rings. The van der Waals surface area contributed by atoms with Crippen molar-refractivity contribution in [2.45, 2.75) is 13.0 Å². The van der Waals surface area contributed by atoms with E-state index >= 15 is 0 Å². The number of hydrogen-bond acceptors (Lipinski definition) is 4. The van der Waals surface area contributed by atoms with Crippen molar-refractivity contribution < 1.29 is 14.3 Å². The molecule has 1 atom stereocenters. The number of nitrogens with zero attached hydrogens (tertiary/aromatic N) is 1. The second-order valence-corrected chi connectivity index (χ2v) is 7.06. The Morgan fingerprint density at radius 2 is 1.89 bits per heavy atom. The largest absolute Gasteiger partial charge is 0.379 e. The molecule has 0 radical (unpaired) electrons. The molecular weight excluding hydrogens is 378 g/mol. The highest BCUT2D eigenvalue weighted by atomic mass is 35.5. The van der Waals surface area contributed by atoms with Gasteiger partial charge in [0.15, 0.2) is 0 Å². The molecule has 1 unspecified atom stereocenters. The van der Waals surface area contributed by atoms with Gasteiger partial charge in [-0.3, -0.25) is 14.5 Å². The van der Waals surface area contributed by atoms with Crippen molar-refractivity contribution in [3.63, 3.8) is 0 Å². The Bertz CT molecular complexity index is 837. The highest BCUT2D eigenvalue weighted by molar-refractivity contribution is 6.31. The number of hydrogen-bond donors (Lipinski definition) is 2. The zero-order chi connectivity index (χ0) is 19.9. The summed E-state index contributed by atoms with van der Waals surface area (Å²) in [6, 6.07) is 14.5. The van der Waals surface area contributed by atoms with Gasteiger partial charge in [-0.1, -0.05) is 35.9 Å². The maximum Gasteiger partial charge on any atom is 0.251 e. The number of rotatable bonds is 6. The summed E-state index contributed by atoms with van der Waals surface area (Å²) in [5, 5.41) is 6.38. The summed E-state index contributed by atoms with van der Waals surface area (Å²) in [7, 11) is 0. The van der Waals surface area contributed by atoms with Crippen LogP contribution in [0.1, 0.15) is 28.9 Å². The van der Waals surface area contributed by atoms with E-state index in [1.165, 1.54) is 6.92 Å². The van der Waals surface area contributed by atoms with Gasteiger partial charge in [0.25, 0.3) is 5.91 Å². The Hall–Kier alpha value is -2.41. The van der Waals surface area contributed by atoms with Crippen LogP contribution in [0, 0.1) is 0 Å². The van der Waals surface area contributed by atoms with E-state index in [1.807, 2.05) is 24.3 Å². The average Bonchev–Trinajstić information content (AvgIpc) is 2.70. The van der Waals surface area contributed by atoms with Crippen molar-refractivity contribution in [3.05, 3.63) is 64.7 Å². The summed E-state index contributed by atoms with van der Waals surface area (Å²) in [6.45, 7) is 4.74. The van der Waals surface area contributed by atoms with Gasteiger partial charge in [0.05, 0.1) is 19.3 Å². The molecule has 1 saturated heterocycles. The van der Waals surface area contributed by atoms with Crippen LogP contribution in [0.15, 0.2) is 48.5 Å². The third-order valence-corrected chi connectivity index (χ3v) is 5.00. The monoisotopic (exact) mass is 401 g/mol. The van der Waals surface area contributed by atoms with Crippen LogP contribution in [-0.4, -0.2) is 49.6 Å². The van der Waals surface area contributed by atoms with Gasteiger partial charge in [-0.25, -0.2) is 0 Å². The lowest BCUT2D eigenvalue weighted by Gasteiger charge is -2.35. The summed E-state index contributed by atoms with van der Waals surface area (Å²) in [5.74, 6) is -0.374. The molecule has 0 bridgehead atoms. The van der Waals surface area contributed by atoms with Crippen LogP contribution in [0.3, 0.4) is 0 Å². The van der Waals surface area contributed by atoms with E-state index < -0.39 is 0 Å². The molecule has 0 saturated carbocycles. The smallest absolute Gasteiger partial charge is 0.251 e. The van der Waals surface area contributed by atoms with E-state index in [9.17, 15) is 9.59 Å². The molecule has 7 heteroatoms. The normalized spacial score (nSPS) is 15.6. The maximum absolute atomic E-state index is 12.7. The van der Waals surface area contributed by atoms with Crippen LogP contribution < -0.4 is 10.6 Å². The van der Waals surface area contributed by atoms with Gasteiger partial charge in [0.2, 0.25) is 5.91 Å². The second kappa shape index (κ2) is 9.68. The predicted octanol–water partition coefficient (Wildman–Crippen LogP) is 3.10. The number of morpholine rings is 1. The van der Waals surface area contributed by atoms with Crippen LogP contribution in [0.2, 0.25) is 5.02 Å². The minimum atomic E-state index is -0.197. The van der Waals surface area contributed by atoms with Gasteiger partial charge >= 0.3 is 0 Å². The van der Waals surface area contributed by atoms with E-state index in [1.54, 1.807) is 24.3 Å². The van der Waals surface area contributed by atoms with E-state index in [4.69, 9.17) is 16.3 Å². The molecule has 2 amide bonds. The average molecular weight is 402 g/mol. The number of amides is 2. The van der Waals surface area contributed by atoms with Crippen LogP contribution in [0.5, 0.6) is 0 Å². The Morgan fingerprint density at radius 3 is 2.61 bits per heavy atom. The molecule has 0 spiro atoms. The van der Waals surface area contributed by atoms with Crippen molar-refractivity contribution >= 4 is 29.1 Å². The summed E-state index contributed by atoms with van der Waals surface area (Å²) >= 11 is 6.43. The molecule has 2 N–H and O–H groups in total. The molecule has 28 heavy (non-hydrogen) atoms. The maximum atomic E-state index is 12.7.